The van der Waals surface area contributed by atoms with Crippen LogP contribution in [0.3, 0.4) is 0 Å². The van der Waals surface area contributed by atoms with Gasteiger partial charge in [-0.2, -0.15) is 0 Å². The van der Waals surface area contributed by atoms with Gasteiger partial charge in [-0.1, -0.05) is 27.7 Å². The van der Waals surface area contributed by atoms with Crippen LogP contribution >= 0.6 is 11.3 Å². The number of aromatic nitrogens is 3. The van der Waals surface area contributed by atoms with E-state index < -0.39 is 11.2 Å². The number of anilines is 2. The predicted octanol–water partition coefficient (Wildman–Crippen LogP) is 2.35. The molecule has 10 heteroatoms. The summed E-state index contributed by atoms with van der Waals surface area (Å²) in [5, 5.41) is 0.847. The highest BCUT2D eigenvalue weighted by atomic mass is 32.1. The number of ether oxygens (including phenoxy) is 1. The van der Waals surface area contributed by atoms with E-state index in [2.05, 4.69) is 9.97 Å². The molecule has 2 aromatic heterocycles. The van der Waals surface area contributed by atoms with Crippen LogP contribution in [0.5, 0.6) is 0 Å². The highest BCUT2D eigenvalue weighted by Gasteiger charge is 2.28. The van der Waals surface area contributed by atoms with Gasteiger partial charge in [-0.05, 0) is 19.3 Å². The normalized spacial score (nSPS) is 11.5. The molecule has 3 N–H and O–H groups in total. The van der Waals surface area contributed by atoms with E-state index >= 15 is 0 Å². The Morgan fingerprint density at radius 3 is 2.50 bits per heavy atom. The highest BCUT2D eigenvalue weighted by molar-refractivity contribution is 7.14. The number of carbonyl (C=O) groups is 1. The van der Waals surface area contributed by atoms with E-state index in [-0.39, 0.29) is 35.8 Å². The minimum atomic E-state index is -0.686. The molecular weight excluding hydrogens is 406 g/mol. The number of thiazole rings is 1. The molecule has 0 atom stereocenters. The van der Waals surface area contributed by atoms with Crippen molar-refractivity contribution in [2.45, 2.75) is 53.5 Å². The molecule has 0 aromatic carbocycles. The first-order valence-corrected chi connectivity index (χ1v) is 10.8. The number of rotatable bonds is 9. The van der Waals surface area contributed by atoms with Gasteiger partial charge in [0.1, 0.15) is 10.7 Å². The number of amides is 1. The molecule has 2 rings (SSSR count). The van der Waals surface area contributed by atoms with E-state index in [1.165, 1.54) is 20.8 Å². The van der Waals surface area contributed by atoms with Crippen LogP contribution in [-0.2, 0) is 11.3 Å². The van der Waals surface area contributed by atoms with Gasteiger partial charge in [0, 0.05) is 32.7 Å². The van der Waals surface area contributed by atoms with Crippen LogP contribution in [0.1, 0.15) is 60.4 Å². The molecule has 0 unspecified atom stereocenters. The number of carbonyl (C=O) groups excluding carboxylic acids is 1. The van der Waals surface area contributed by atoms with Gasteiger partial charge in [-0.15, -0.1) is 11.3 Å². The van der Waals surface area contributed by atoms with Crippen LogP contribution in [0.2, 0.25) is 0 Å². The van der Waals surface area contributed by atoms with Gasteiger partial charge < -0.3 is 10.5 Å². The fraction of sp³-hybridized carbons (Fsp3) is 0.600. The van der Waals surface area contributed by atoms with Gasteiger partial charge in [0.05, 0.1) is 10.7 Å². The van der Waals surface area contributed by atoms with Crippen molar-refractivity contribution in [3.63, 3.8) is 0 Å². The number of aryl methyl sites for hydroxylation is 1. The summed E-state index contributed by atoms with van der Waals surface area (Å²) in [6, 6.07) is 0. The highest BCUT2D eigenvalue weighted by Crippen LogP contribution is 2.28. The summed E-state index contributed by atoms with van der Waals surface area (Å²) in [6.07, 6.45) is 0.499. The SMILES string of the molecule is COCCCN(C(=O)c1sc(C(C)C)nc1C)c1c(N)n(CC(C)C)c(=O)[nH]c1=O. The Hall–Kier alpha value is -2.46. The Morgan fingerprint density at radius 1 is 1.30 bits per heavy atom. The first-order valence-electron chi connectivity index (χ1n) is 9.99. The van der Waals surface area contributed by atoms with Crippen molar-refractivity contribution < 1.29 is 9.53 Å². The minimum Gasteiger partial charge on any atom is -0.385 e. The Balaban J connectivity index is 2.61. The fourth-order valence-corrected chi connectivity index (χ4v) is 4.07. The summed E-state index contributed by atoms with van der Waals surface area (Å²) in [4.78, 5) is 47.1. The van der Waals surface area contributed by atoms with Crippen molar-refractivity contribution in [1.82, 2.24) is 14.5 Å². The summed E-state index contributed by atoms with van der Waals surface area (Å²) < 4.78 is 6.41. The van der Waals surface area contributed by atoms with Gasteiger partial charge in [-0.3, -0.25) is 24.0 Å². The van der Waals surface area contributed by atoms with Crippen molar-refractivity contribution in [3.8, 4) is 0 Å². The first kappa shape index (κ1) is 23.8. The molecule has 0 spiro atoms. The molecule has 0 aliphatic rings. The predicted molar refractivity (Wildman–Crippen MR) is 120 cm³/mol. The number of nitrogen functional groups attached to an aromatic ring is 1. The number of aromatic amines is 1. The topological polar surface area (TPSA) is 123 Å². The molecule has 0 saturated heterocycles. The molecule has 2 aromatic rings. The maximum Gasteiger partial charge on any atom is 0.330 e. The average Bonchev–Trinajstić information content (AvgIpc) is 3.05. The van der Waals surface area contributed by atoms with Crippen LogP contribution < -0.4 is 21.9 Å². The maximum atomic E-state index is 13.5. The molecule has 0 radical (unpaired) electrons. The number of nitrogens with two attached hydrogens (primary N) is 1. The van der Waals surface area contributed by atoms with E-state index in [1.807, 2.05) is 27.7 Å². The maximum absolute atomic E-state index is 13.5. The third-order valence-corrected chi connectivity index (χ3v) is 5.95. The Morgan fingerprint density at radius 2 is 1.97 bits per heavy atom. The van der Waals surface area contributed by atoms with Crippen molar-refractivity contribution in [1.29, 1.82) is 0 Å². The van der Waals surface area contributed by atoms with E-state index in [0.29, 0.717) is 30.1 Å². The van der Waals surface area contributed by atoms with Crippen molar-refractivity contribution >= 4 is 28.7 Å². The van der Waals surface area contributed by atoms with Gasteiger partial charge in [-0.25, -0.2) is 9.78 Å². The molecule has 0 fully saturated rings. The zero-order valence-corrected chi connectivity index (χ0v) is 19.3. The Bertz CT molecular complexity index is 1010. The fourth-order valence-electron chi connectivity index (χ4n) is 3.05. The Kier molecular flexibility index (Phi) is 7.96. The first-order chi connectivity index (χ1) is 14.1. The lowest BCUT2D eigenvalue weighted by atomic mass is 10.2. The third-order valence-electron chi connectivity index (χ3n) is 4.51. The molecule has 30 heavy (non-hydrogen) atoms. The number of hydrogen-bond donors (Lipinski definition) is 2. The molecule has 1 amide bonds. The van der Waals surface area contributed by atoms with E-state index in [9.17, 15) is 14.4 Å². The molecular formula is C20H31N5O4S. The van der Waals surface area contributed by atoms with E-state index in [0.717, 1.165) is 5.01 Å². The zero-order chi connectivity index (χ0) is 22.6. The summed E-state index contributed by atoms with van der Waals surface area (Å²) in [6.45, 7) is 10.6. The number of methoxy groups -OCH3 is 1. The molecule has 0 saturated carbocycles. The summed E-state index contributed by atoms with van der Waals surface area (Å²) in [7, 11) is 1.57. The standard InChI is InChI=1S/C20H31N5O4S/c1-11(2)10-25-16(21)14(17(26)23-20(25)28)24(8-7-9-29-6)19(27)15-13(5)22-18(30-15)12(3)4/h11-12H,7-10,21H2,1-6H3,(H,23,26,28). The van der Waals surface area contributed by atoms with Gasteiger partial charge in [0.2, 0.25) is 0 Å². The van der Waals surface area contributed by atoms with Gasteiger partial charge >= 0.3 is 5.69 Å². The Labute approximate surface area is 179 Å². The van der Waals surface area contributed by atoms with Gasteiger partial charge in [0.15, 0.2) is 5.69 Å². The summed E-state index contributed by atoms with van der Waals surface area (Å²) >= 11 is 1.31. The number of hydrogen-bond acceptors (Lipinski definition) is 7. The molecule has 0 bridgehead atoms. The quantitative estimate of drug-likeness (QED) is 0.581. The van der Waals surface area contributed by atoms with Crippen LogP contribution in [0.15, 0.2) is 9.59 Å². The smallest absolute Gasteiger partial charge is 0.330 e. The molecule has 0 aliphatic carbocycles. The van der Waals surface area contributed by atoms with Crippen LogP contribution in [0.4, 0.5) is 11.5 Å². The molecule has 9 nitrogen and oxygen atoms in total. The van der Waals surface area contributed by atoms with Crippen molar-refractivity contribution in [3.05, 3.63) is 36.4 Å². The van der Waals surface area contributed by atoms with E-state index in [1.54, 1.807) is 14.0 Å². The summed E-state index contributed by atoms with van der Waals surface area (Å²) in [5.74, 6) is -0.0771. The largest absolute Gasteiger partial charge is 0.385 e. The minimum absolute atomic E-state index is 0.0183. The third kappa shape index (κ3) is 5.17. The number of H-pyrrole nitrogens is 1. The summed E-state index contributed by atoms with van der Waals surface area (Å²) in [5.41, 5.74) is 5.57. The molecule has 0 aliphatic heterocycles. The monoisotopic (exact) mass is 437 g/mol. The lowest BCUT2D eigenvalue weighted by Crippen LogP contribution is -2.42. The van der Waals surface area contributed by atoms with Crippen LogP contribution in [0, 0.1) is 12.8 Å². The number of nitrogens with one attached hydrogen (secondary N) is 1. The van der Waals surface area contributed by atoms with Crippen molar-refractivity contribution in [2.24, 2.45) is 5.92 Å². The van der Waals surface area contributed by atoms with Gasteiger partial charge in [0.25, 0.3) is 11.5 Å². The second kappa shape index (κ2) is 10.0. The molecule has 2 heterocycles. The number of nitrogens with zero attached hydrogens (tertiary/aromatic N) is 3. The average molecular weight is 438 g/mol. The second-order valence-electron chi connectivity index (χ2n) is 7.92. The zero-order valence-electron chi connectivity index (χ0n) is 18.4. The van der Waals surface area contributed by atoms with Crippen molar-refractivity contribution in [2.75, 3.05) is 30.9 Å². The lowest BCUT2D eigenvalue weighted by Gasteiger charge is -2.24. The second-order valence-corrected chi connectivity index (χ2v) is 8.95. The molecule has 166 valence electrons. The lowest BCUT2D eigenvalue weighted by molar-refractivity contribution is 0.0986. The van der Waals surface area contributed by atoms with Crippen LogP contribution in [-0.4, -0.2) is 40.7 Å². The van der Waals surface area contributed by atoms with E-state index in [4.69, 9.17) is 10.5 Å². The van der Waals surface area contributed by atoms with Crippen LogP contribution in [0.25, 0.3) is 0 Å².